The lowest BCUT2D eigenvalue weighted by Gasteiger charge is -2.41. The van der Waals surface area contributed by atoms with Gasteiger partial charge in [0.1, 0.15) is 17.4 Å². The van der Waals surface area contributed by atoms with Crippen molar-refractivity contribution in [2.75, 3.05) is 7.05 Å². The highest BCUT2D eigenvalue weighted by Gasteiger charge is 2.47. The summed E-state index contributed by atoms with van der Waals surface area (Å²) in [5.74, 6) is -2.74. The third-order valence-electron chi connectivity index (χ3n) is 9.78. The Kier molecular flexibility index (Phi) is 11.2. The van der Waals surface area contributed by atoms with Gasteiger partial charge in [-0.3, -0.25) is 14.4 Å². The van der Waals surface area contributed by atoms with E-state index in [1.54, 1.807) is 19.1 Å². The SMILES string of the molecule is CCC(C)[C@@H](C(=O)N[C@]1(C(=O)NC(C(N)=S)[C@@H](C)CC)CCc2[nH]c3c(C(F)(F)F)cccc3c2C1)N(C)C(=O)Cc1ccccc1F. The van der Waals surface area contributed by atoms with Crippen molar-refractivity contribution in [3.05, 3.63) is 70.7 Å². The maximum atomic E-state index is 14.4. The van der Waals surface area contributed by atoms with Crippen LogP contribution in [0.2, 0.25) is 0 Å². The van der Waals surface area contributed by atoms with E-state index in [-0.39, 0.29) is 53.6 Å². The van der Waals surface area contributed by atoms with Crippen LogP contribution in [0.3, 0.4) is 0 Å². The molecule has 3 aromatic rings. The van der Waals surface area contributed by atoms with Gasteiger partial charge < -0.3 is 26.3 Å². The molecule has 48 heavy (non-hydrogen) atoms. The van der Waals surface area contributed by atoms with Gasteiger partial charge >= 0.3 is 6.18 Å². The molecule has 5 N–H and O–H groups in total. The van der Waals surface area contributed by atoms with Crippen molar-refractivity contribution in [3.63, 3.8) is 0 Å². The third kappa shape index (κ3) is 7.50. The van der Waals surface area contributed by atoms with Gasteiger partial charge in [0.2, 0.25) is 17.7 Å². The van der Waals surface area contributed by atoms with Crippen LogP contribution in [-0.4, -0.2) is 57.3 Å². The van der Waals surface area contributed by atoms with Gasteiger partial charge in [0.15, 0.2) is 0 Å². The number of carbonyl (C=O) groups is 3. The summed E-state index contributed by atoms with van der Waals surface area (Å²) in [5.41, 5.74) is 4.70. The van der Waals surface area contributed by atoms with Crippen LogP contribution >= 0.6 is 12.2 Å². The summed E-state index contributed by atoms with van der Waals surface area (Å²) < 4.78 is 56.2. The zero-order valence-corrected chi connectivity index (χ0v) is 28.6. The van der Waals surface area contributed by atoms with Crippen molar-refractivity contribution >= 4 is 45.8 Å². The van der Waals surface area contributed by atoms with Gasteiger partial charge in [0, 0.05) is 24.5 Å². The molecule has 0 spiro atoms. The molecule has 0 bridgehead atoms. The molecule has 1 aliphatic rings. The number of amides is 3. The summed E-state index contributed by atoms with van der Waals surface area (Å²) in [6, 6.07) is 8.01. The number of nitrogens with zero attached hydrogens (tertiary/aromatic N) is 1. The molecule has 2 unspecified atom stereocenters. The molecule has 1 heterocycles. The molecule has 4 rings (SSSR count). The van der Waals surface area contributed by atoms with Crippen molar-refractivity contribution < 1.29 is 31.9 Å². The summed E-state index contributed by atoms with van der Waals surface area (Å²) in [4.78, 5) is 46.4. The van der Waals surface area contributed by atoms with Crippen LogP contribution in [0.15, 0.2) is 42.5 Å². The zero-order chi connectivity index (χ0) is 35.6. The van der Waals surface area contributed by atoms with Gasteiger partial charge in [-0.25, -0.2) is 4.39 Å². The van der Waals surface area contributed by atoms with E-state index in [0.29, 0.717) is 29.5 Å². The molecule has 3 amide bonds. The molecule has 0 aliphatic heterocycles. The Bertz CT molecular complexity index is 1690. The van der Waals surface area contributed by atoms with Gasteiger partial charge in [-0.1, -0.05) is 83.1 Å². The first kappa shape index (κ1) is 36.8. The van der Waals surface area contributed by atoms with E-state index in [0.717, 1.165) is 6.07 Å². The molecule has 1 aromatic heterocycles. The van der Waals surface area contributed by atoms with Crippen LogP contribution in [0.1, 0.15) is 69.3 Å². The molecule has 8 nitrogen and oxygen atoms in total. The van der Waals surface area contributed by atoms with Crippen LogP contribution in [0.25, 0.3) is 10.9 Å². The molecule has 0 saturated carbocycles. The minimum atomic E-state index is -4.61. The summed E-state index contributed by atoms with van der Waals surface area (Å²) in [7, 11) is 1.47. The van der Waals surface area contributed by atoms with Crippen molar-refractivity contribution in [3.8, 4) is 0 Å². The Morgan fingerprint density at radius 1 is 1.06 bits per heavy atom. The number of para-hydroxylation sites is 1. The minimum Gasteiger partial charge on any atom is -0.392 e. The van der Waals surface area contributed by atoms with E-state index in [2.05, 4.69) is 15.6 Å². The first-order chi connectivity index (χ1) is 22.5. The van der Waals surface area contributed by atoms with Crippen LogP contribution < -0.4 is 16.4 Å². The second-order valence-corrected chi connectivity index (χ2v) is 13.4. The number of aromatic nitrogens is 1. The third-order valence-corrected chi connectivity index (χ3v) is 10.0. The summed E-state index contributed by atoms with van der Waals surface area (Å²) in [6.07, 6.45) is -3.66. The van der Waals surface area contributed by atoms with Crippen LogP contribution in [0.4, 0.5) is 17.6 Å². The Morgan fingerprint density at radius 2 is 1.73 bits per heavy atom. The first-order valence-electron chi connectivity index (χ1n) is 16.2. The largest absolute Gasteiger partial charge is 0.418 e. The first-order valence-corrected chi connectivity index (χ1v) is 16.6. The van der Waals surface area contributed by atoms with E-state index in [4.69, 9.17) is 18.0 Å². The highest BCUT2D eigenvalue weighted by atomic mass is 32.1. The number of carbonyl (C=O) groups excluding carboxylic acids is 3. The Morgan fingerprint density at radius 3 is 2.33 bits per heavy atom. The maximum Gasteiger partial charge on any atom is 0.418 e. The number of H-pyrrole nitrogens is 1. The molecule has 0 fully saturated rings. The monoisotopic (exact) mass is 689 g/mol. The molecular weight excluding hydrogens is 646 g/mol. The number of fused-ring (bicyclic) bond motifs is 3. The topological polar surface area (TPSA) is 120 Å². The van der Waals surface area contributed by atoms with Crippen LogP contribution in [0.5, 0.6) is 0 Å². The molecule has 5 atom stereocenters. The number of thiocarbonyl (C=S) groups is 1. The maximum absolute atomic E-state index is 14.4. The lowest BCUT2D eigenvalue weighted by molar-refractivity contribution is -0.143. The number of nitrogens with one attached hydrogen (secondary N) is 3. The van der Waals surface area contributed by atoms with Crippen molar-refractivity contribution in [1.82, 2.24) is 20.5 Å². The lowest BCUT2D eigenvalue weighted by Crippen LogP contribution is -2.67. The standard InChI is InChI=1S/C35H43F4N5O3S/c1-6-19(3)28(31(40)48)42-33(47)34(16-15-26-23(18-34)22-12-10-13-24(29(22)41-26)35(37,38)39)43-32(46)30(20(4)7-2)44(5)27(45)17-21-11-8-9-14-25(21)36/h8-14,19-20,28,30,41H,6-7,15-18H2,1-5H3,(H2,40,48)(H,42,47)(H,43,46)/t19-,20?,28?,30-,34+/m0/s1. The number of rotatable bonds is 12. The molecular formula is C35H43F4N5O3S. The van der Waals surface area contributed by atoms with Crippen LogP contribution in [0, 0.1) is 17.7 Å². The van der Waals surface area contributed by atoms with Crippen molar-refractivity contribution in [2.45, 2.75) is 90.0 Å². The fraction of sp³-hybridized carbons (Fsp3) is 0.486. The molecule has 0 radical (unpaired) electrons. The predicted molar refractivity (Wildman–Crippen MR) is 180 cm³/mol. The molecule has 2 aromatic carbocycles. The molecule has 0 saturated heterocycles. The lowest BCUT2D eigenvalue weighted by atomic mass is 9.78. The van der Waals surface area contributed by atoms with Crippen molar-refractivity contribution in [2.24, 2.45) is 17.6 Å². The minimum absolute atomic E-state index is 0.0520. The number of aromatic amines is 1. The number of benzene rings is 2. The smallest absolute Gasteiger partial charge is 0.392 e. The fourth-order valence-corrected chi connectivity index (χ4v) is 6.80. The number of alkyl halides is 3. The second kappa shape index (κ2) is 14.6. The zero-order valence-electron chi connectivity index (χ0n) is 27.8. The average molecular weight is 690 g/mol. The Hall–Kier alpha value is -4.00. The quantitative estimate of drug-likeness (QED) is 0.146. The van der Waals surface area contributed by atoms with Gasteiger partial charge in [-0.2, -0.15) is 13.2 Å². The van der Waals surface area contributed by atoms with Gasteiger partial charge in [-0.05, 0) is 47.9 Å². The molecule has 260 valence electrons. The number of halogens is 4. The predicted octanol–water partition coefficient (Wildman–Crippen LogP) is 5.60. The van der Waals surface area contributed by atoms with Gasteiger partial charge in [-0.15, -0.1) is 0 Å². The summed E-state index contributed by atoms with van der Waals surface area (Å²) >= 11 is 5.28. The Labute approximate surface area is 283 Å². The number of aryl methyl sites for hydroxylation is 1. The normalized spacial score (nSPS) is 18.7. The number of hydrogen-bond donors (Lipinski definition) is 4. The van der Waals surface area contributed by atoms with Gasteiger partial charge in [0.25, 0.3) is 0 Å². The van der Waals surface area contributed by atoms with E-state index in [1.807, 2.05) is 20.8 Å². The van der Waals surface area contributed by atoms with E-state index >= 15 is 0 Å². The number of hydrogen-bond acceptors (Lipinski definition) is 4. The molecule has 1 aliphatic carbocycles. The Balaban J connectivity index is 1.76. The average Bonchev–Trinajstić information content (AvgIpc) is 3.41. The highest BCUT2D eigenvalue weighted by Crippen LogP contribution is 2.40. The summed E-state index contributed by atoms with van der Waals surface area (Å²) in [6.45, 7) is 7.45. The second-order valence-electron chi connectivity index (χ2n) is 12.9. The van der Waals surface area contributed by atoms with E-state index in [9.17, 15) is 31.9 Å². The van der Waals surface area contributed by atoms with Crippen LogP contribution in [-0.2, 0) is 39.8 Å². The van der Waals surface area contributed by atoms with E-state index in [1.165, 1.54) is 36.2 Å². The molecule has 13 heteroatoms. The summed E-state index contributed by atoms with van der Waals surface area (Å²) in [5, 5.41) is 6.19. The van der Waals surface area contributed by atoms with E-state index < -0.39 is 52.9 Å². The number of nitrogens with two attached hydrogens (primary N) is 1. The van der Waals surface area contributed by atoms with Gasteiger partial charge in [0.05, 0.1) is 28.5 Å². The highest BCUT2D eigenvalue weighted by molar-refractivity contribution is 7.80. The van der Waals surface area contributed by atoms with Crippen molar-refractivity contribution in [1.29, 1.82) is 0 Å². The number of likely N-dealkylation sites (N-methyl/N-ethyl adjacent to an activating group) is 1. The fourth-order valence-electron chi connectivity index (χ4n) is 6.51.